The number of rotatable bonds is 11. The van der Waals surface area contributed by atoms with Crippen molar-refractivity contribution in [2.75, 3.05) is 13.2 Å². The summed E-state index contributed by atoms with van der Waals surface area (Å²) in [5, 5.41) is 0. The lowest BCUT2D eigenvalue weighted by Gasteiger charge is -2.15. The summed E-state index contributed by atoms with van der Waals surface area (Å²) in [6.45, 7) is 6.84. The molecule has 2 unspecified atom stereocenters. The summed E-state index contributed by atoms with van der Waals surface area (Å²) in [7, 11) is 0. The third-order valence-corrected chi connectivity index (χ3v) is 5.39. The van der Waals surface area contributed by atoms with Crippen LogP contribution in [0.5, 0.6) is 11.5 Å². The quantitative estimate of drug-likeness (QED) is 0.321. The Morgan fingerprint density at radius 3 is 1.97 bits per heavy atom. The fourth-order valence-electron chi connectivity index (χ4n) is 3.00. The second-order valence-corrected chi connectivity index (χ2v) is 7.76. The number of aromatic nitrogens is 2. The SMILES string of the molecule is CCCCOc1ccc(-c2ncc(-c3ccc(OCC(F)C(C)CC)cc3)cn2)cc1. The Morgan fingerprint density at radius 1 is 0.806 bits per heavy atom. The summed E-state index contributed by atoms with van der Waals surface area (Å²) in [5.41, 5.74) is 2.84. The molecule has 0 saturated carbocycles. The van der Waals surface area contributed by atoms with Gasteiger partial charge in [0.15, 0.2) is 5.82 Å². The highest BCUT2D eigenvalue weighted by Crippen LogP contribution is 2.24. The lowest BCUT2D eigenvalue weighted by atomic mass is 10.0. The van der Waals surface area contributed by atoms with Gasteiger partial charge in [0.1, 0.15) is 24.3 Å². The largest absolute Gasteiger partial charge is 0.494 e. The van der Waals surface area contributed by atoms with Gasteiger partial charge in [0.25, 0.3) is 0 Å². The topological polar surface area (TPSA) is 44.2 Å². The Morgan fingerprint density at radius 2 is 1.39 bits per heavy atom. The van der Waals surface area contributed by atoms with Crippen LogP contribution in [0.25, 0.3) is 22.5 Å². The normalized spacial score (nSPS) is 12.9. The molecule has 4 nitrogen and oxygen atoms in total. The molecule has 1 heterocycles. The van der Waals surface area contributed by atoms with Crippen LogP contribution in [0.2, 0.25) is 0 Å². The molecule has 0 aliphatic heterocycles. The fraction of sp³-hybridized carbons (Fsp3) is 0.385. The molecule has 0 aliphatic carbocycles. The summed E-state index contributed by atoms with van der Waals surface area (Å²) in [5.74, 6) is 2.19. The molecule has 0 radical (unpaired) electrons. The molecule has 3 rings (SSSR count). The van der Waals surface area contributed by atoms with Crippen LogP contribution < -0.4 is 9.47 Å². The first-order valence-electron chi connectivity index (χ1n) is 11.0. The minimum Gasteiger partial charge on any atom is -0.494 e. The highest BCUT2D eigenvalue weighted by atomic mass is 19.1. The highest BCUT2D eigenvalue weighted by Gasteiger charge is 2.15. The zero-order valence-electron chi connectivity index (χ0n) is 18.6. The summed E-state index contributed by atoms with van der Waals surface area (Å²) in [4.78, 5) is 9.02. The van der Waals surface area contributed by atoms with Gasteiger partial charge in [-0.15, -0.1) is 0 Å². The summed E-state index contributed by atoms with van der Waals surface area (Å²) in [6, 6.07) is 15.4. The van der Waals surface area contributed by atoms with Gasteiger partial charge in [-0.1, -0.05) is 45.7 Å². The third-order valence-electron chi connectivity index (χ3n) is 5.39. The van der Waals surface area contributed by atoms with Crippen LogP contribution in [-0.4, -0.2) is 29.4 Å². The number of nitrogens with zero attached hydrogens (tertiary/aromatic N) is 2. The number of hydrogen-bond acceptors (Lipinski definition) is 4. The van der Waals surface area contributed by atoms with Crippen molar-refractivity contribution in [2.24, 2.45) is 5.92 Å². The van der Waals surface area contributed by atoms with Gasteiger partial charge in [-0.3, -0.25) is 0 Å². The average molecular weight is 423 g/mol. The Hall–Kier alpha value is -2.95. The van der Waals surface area contributed by atoms with Crippen LogP contribution in [-0.2, 0) is 0 Å². The van der Waals surface area contributed by atoms with Gasteiger partial charge in [0.2, 0.25) is 0 Å². The Labute approximate surface area is 184 Å². The van der Waals surface area contributed by atoms with Gasteiger partial charge in [-0.2, -0.15) is 0 Å². The second-order valence-electron chi connectivity index (χ2n) is 7.76. The van der Waals surface area contributed by atoms with Crippen molar-refractivity contribution in [2.45, 2.75) is 46.2 Å². The molecule has 3 aromatic rings. The molecule has 5 heteroatoms. The van der Waals surface area contributed by atoms with E-state index >= 15 is 0 Å². The van der Waals surface area contributed by atoms with Gasteiger partial charge in [-0.05, 0) is 54.3 Å². The monoisotopic (exact) mass is 422 g/mol. The highest BCUT2D eigenvalue weighted by molar-refractivity contribution is 5.64. The molecule has 0 N–H and O–H groups in total. The number of ether oxygens (including phenoxy) is 2. The second kappa shape index (κ2) is 11.4. The standard InChI is InChI=1S/C26H31FN2O2/c1-4-6-15-30-23-13-9-21(10-14-23)26-28-16-22(17-29-26)20-7-11-24(12-8-20)31-18-25(27)19(3)5-2/h7-14,16-17,19,25H,4-6,15,18H2,1-3H3. The lowest BCUT2D eigenvalue weighted by molar-refractivity contribution is 0.145. The molecule has 0 bridgehead atoms. The smallest absolute Gasteiger partial charge is 0.159 e. The lowest BCUT2D eigenvalue weighted by Crippen LogP contribution is -2.20. The molecule has 2 atom stereocenters. The van der Waals surface area contributed by atoms with Crippen molar-refractivity contribution in [1.82, 2.24) is 9.97 Å². The van der Waals surface area contributed by atoms with Crippen LogP contribution in [0.15, 0.2) is 60.9 Å². The molecule has 0 amide bonds. The van der Waals surface area contributed by atoms with Gasteiger partial charge >= 0.3 is 0 Å². The number of alkyl halides is 1. The molecule has 0 saturated heterocycles. The number of benzene rings is 2. The van der Waals surface area contributed by atoms with E-state index in [-0.39, 0.29) is 12.5 Å². The van der Waals surface area contributed by atoms with E-state index in [0.717, 1.165) is 48.3 Å². The maximum Gasteiger partial charge on any atom is 0.159 e. The molecule has 0 aliphatic rings. The van der Waals surface area contributed by atoms with Crippen LogP contribution >= 0.6 is 0 Å². The fourth-order valence-corrected chi connectivity index (χ4v) is 3.00. The van der Waals surface area contributed by atoms with E-state index in [9.17, 15) is 4.39 Å². The number of unbranched alkanes of at least 4 members (excludes halogenated alkanes) is 1. The van der Waals surface area contributed by atoms with E-state index in [1.165, 1.54) is 0 Å². The van der Waals surface area contributed by atoms with Gasteiger partial charge in [0, 0.05) is 23.5 Å². The first-order valence-corrected chi connectivity index (χ1v) is 11.0. The number of halogens is 1. The zero-order valence-corrected chi connectivity index (χ0v) is 18.6. The number of hydrogen-bond donors (Lipinski definition) is 0. The summed E-state index contributed by atoms with van der Waals surface area (Å²) in [6.07, 6.45) is 5.63. The van der Waals surface area contributed by atoms with Crippen molar-refractivity contribution >= 4 is 0 Å². The maximum atomic E-state index is 13.9. The van der Waals surface area contributed by atoms with Gasteiger partial charge in [0.05, 0.1) is 6.61 Å². The van der Waals surface area contributed by atoms with E-state index in [1.54, 1.807) is 0 Å². The first-order chi connectivity index (χ1) is 15.1. The molecule has 1 aromatic heterocycles. The first kappa shape index (κ1) is 22.7. The molecule has 2 aromatic carbocycles. The maximum absolute atomic E-state index is 13.9. The van der Waals surface area contributed by atoms with Crippen LogP contribution in [0, 0.1) is 5.92 Å². The van der Waals surface area contributed by atoms with E-state index in [4.69, 9.17) is 9.47 Å². The minimum atomic E-state index is -0.956. The van der Waals surface area contributed by atoms with Crippen molar-refractivity contribution in [3.05, 3.63) is 60.9 Å². The summed E-state index contributed by atoms with van der Waals surface area (Å²) < 4.78 is 25.2. The van der Waals surface area contributed by atoms with Gasteiger partial charge in [-0.25, -0.2) is 14.4 Å². The molecular formula is C26H31FN2O2. The van der Waals surface area contributed by atoms with Crippen molar-refractivity contribution < 1.29 is 13.9 Å². The van der Waals surface area contributed by atoms with E-state index in [1.807, 2.05) is 74.8 Å². The van der Waals surface area contributed by atoms with Crippen molar-refractivity contribution in [3.8, 4) is 34.0 Å². The van der Waals surface area contributed by atoms with E-state index in [0.29, 0.717) is 11.6 Å². The zero-order chi connectivity index (χ0) is 22.1. The Balaban J connectivity index is 1.59. The van der Waals surface area contributed by atoms with Crippen LogP contribution in [0.4, 0.5) is 4.39 Å². The van der Waals surface area contributed by atoms with Crippen molar-refractivity contribution in [3.63, 3.8) is 0 Å². The Bertz CT molecular complexity index is 912. The predicted octanol–water partition coefficient (Wildman–Crippen LogP) is 6.75. The van der Waals surface area contributed by atoms with Gasteiger partial charge < -0.3 is 9.47 Å². The minimum absolute atomic E-state index is 0.000256. The van der Waals surface area contributed by atoms with E-state index in [2.05, 4.69) is 16.9 Å². The predicted molar refractivity (Wildman–Crippen MR) is 123 cm³/mol. The van der Waals surface area contributed by atoms with Crippen LogP contribution in [0.1, 0.15) is 40.0 Å². The molecule has 0 spiro atoms. The summed E-state index contributed by atoms with van der Waals surface area (Å²) >= 11 is 0. The molecule has 31 heavy (non-hydrogen) atoms. The van der Waals surface area contributed by atoms with Crippen molar-refractivity contribution in [1.29, 1.82) is 0 Å². The molecular weight excluding hydrogens is 391 g/mol. The molecule has 0 fully saturated rings. The van der Waals surface area contributed by atoms with Crippen LogP contribution in [0.3, 0.4) is 0 Å². The molecule has 164 valence electrons. The average Bonchev–Trinajstić information content (AvgIpc) is 2.83. The third kappa shape index (κ3) is 6.51. The van der Waals surface area contributed by atoms with E-state index < -0.39 is 6.17 Å². The Kier molecular flexibility index (Phi) is 8.39.